The van der Waals surface area contributed by atoms with Crippen molar-refractivity contribution in [1.29, 1.82) is 0 Å². The van der Waals surface area contributed by atoms with Crippen molar-refractivity contribution in [2.45, 2.75) is 45.8 Å². The number of carbonyl (C=O) groups is 1. The average Bonchev–Trinajstić information content (AvgIpc) is 2.69. The number of Topliss-reactive ketones (excluding diaryl/α,β-unsaturated/α-hetero) is 1. The SMILES string of the molecule is C=C(C)C(CC=C(C)C)Cc1c(O)cc(O)c2c1O[C@@H](c1ccc(O)cc1O)[C@@H](O)C2=O. The summed E-state index contributed by atoms with van der Waals surface area (Å²) in [7, 11) is 0. The number of benzene rings is 2. The number of aromatic hydroxyl groups is 4. The molecule has 3 rings (SSSR count). The van der Waals surface area contributed by atoms with Crippen molar-refractivity contribution in [1.82, 2.24) is 0 Å². The molecule has 1 aliphatic rings. The van der Waals surface area contributed by atoms with Gasteiger partial charge in [-0.1, -0.05) is 23.8 Å². The van der Waals surface area contributed by atoms with Crippen molar-refractivity contribution in [3.63, 3.8) is 0 Å². The fraction of sp³-hybridized carbons (Fsp3) is 0.320. The van der Waals surface area contributed by atoms with Gasteiger partial charge < -0.3 is 30.3 Å². The standard InChI is InChI=1S/C25H28O7/c1-12(2)5-6-14(13(3)4)9-17-19(28)11-20(29)21-22(30)23(31)25(32-24(17)21)16-8-7-15(26)10-18(16)27/h5,7-8,10-11,14,23,25-29,31H,3,6,9H2,1-2,4H3/t14?,23-,25-/m0/s1. The molecule has 0 fully saturated rings. The summed E-state index contributed by atoms with van der Waals surface area (Å²) in [5.74, 6) is -2.22. The van der Waals surface area contributed by atoms with Crippen LogP contribution in [0.15, 0.2) is 48.1 Å². The maximum absolute atomic E-state index is 13.0. The predicted molar refractivity (Wildman–Crippen MR) is 119 cm³/mol. The van der Waals surface area contributed by atoms with Crippen LogP contribution >= 0.6 is 0 Å². The molecule has 32 heavy (non-hydrogen) atoms. The van der Waals surface area contributed by atoms with Crippen molar-refractivity contribution < 1.29 is 35.1 Å². The van der Waals surface area contributed by atoms with Crippen molar-refractivity contribution in [3.8, 4) is 28.7 Å². The van der Waals surface area contributed by atoms with Gasteiger partial charge in [0, 0.05) is 23.3 Å². The molecule has 7 heteroatoms. The van der Waals surface area contributed by atoms with Gasteiger partial charge in [-0.05, 0) is 51.7 Å². The third-order valence-corrected chi connectivity index (χ3v) is 5.67. The number of aliphatic hydroxyl groups excluding tert-OH is 1. The van der Waals surface area contributed by atoms with Gasteiger partial charge in [-0.2, -0.15) is 0 Å². The number of phenolic OH excluding ortho intramolecular Hbond substituents is 4. The molecule has 7 nitrogen and oxygen atoms in total. The average molecular weight is 440 g/mol. The van der Waals surface area contributed by atoms with Crippen LogP contribution in [0.1, 0.15) is 54.8 Å². The zero-order valence-electron chi connectivity index (χ0n) is 18.3. The molecule has 1 heterocycles. The maximum atomic E-state index is 13.0. The van der Waals surface area contributed by atoms with E-state index in [0.717, 1.165) is 23.3 Å². The van der Waals surface area contributed by atoms with Crippen LogP contribution in [0.2, 0.25) is 0 Å². The largest absolute Gasteiger partial charge is 0.508 e. The van der Waals surface area contributed by atoms with Crippen LogP contribution in [-0.2, 0) is 6.42 Å². The topological polar surface area (TPSA) is 127 Å². The van der Waals surface area contributed by atoms with Gasteiger partial charge in [-0.25, -0.2) is 0 Å². The first-order valence-electron chi connectivity index (χ1n) is 10.3. The molecular formula is C25H28O7. The zero-order valence-corrected chi connectivity index (χ0v) is 18.3. The van der Waals surface area contributed by atoms with Crippen molar-refractivity contribution in [2.24, 2.45) is 5.92 Å². The second-order valence-electron chi connectivity index (χ2n) is 8.45. The van der Waals surface area contributed by atoms with Gasteiger partial charge in [0.1, 0.15) is 34.3 Å². The molecule has 1 aliphatic heterocycles. The van der Waals surface area contributed by atoms with Crippen LogP contribution < -0.4 is 4.74 Å². The molecule has 170 valence electrons. The Hall–Kier alpha value is -3.45. The number of carbonyl (C=O) groups excluding carboxylic acids is 1. The number of fused-ring (bicyclic) bond motifs is 1. The molecule has 0 aromatic heterocycles. The summed E-state index contributed by atoms with van der Waals surface area (Å²) in [6.45, 7) is 9.87. The third kappa shape index (κ3) is 4.43. The van der Waals surface area contributed by atoms with Crippen LogP contribution in [0.25, 0.3) is 0 Å². The van der Waals surface area contributed by atoms with E-state index in [4.69, 9.17) is 4.74 Å². The molecule has 1 unspecified atom stereocenters. The molecule has 2 aromatic carbocycles. The highest BCUT2D eigenvalue weighted by atomic mass is 16.5. The van der Waals surface area contributed by atoms with E-state index in [1.165, 1.54) is 12.1 Å². The molecule has 5 N–H and O–H groups in total. The predicted octanol–water partition coefficient (Wildman–Crippen LogP) is 4.28. The van der Waals surface area contributed by atoms with Crippen LogP contribution in [-0.4, -0.2) is 37.4 Å². The van der Waals surface area contributed by atoms with E-state index in [9.17, 15) is 30.3 Å². The summed E-state index contributed by atoms with van der Waals surface area (Å²) in [5.41, 5.74) is 2.17. The lowest BCUT2D eigenvalue weighted by Gasteiger charge is -2.32. The number of rotatable bonds is 6. The maximum Gasteiger partial charge on any atom is 0.202 e. The van der Waals surface area contributed by atoms with Gasteiger partial charge in [-0.3, -0.25) is 4.79 Å². The number of hydrogen-bond acceptors (Lipinski definition) is 7. The third-order valence-electron chi connectivity index (χ3n) is 5.67. The highest BCUT2D eigenvalue weighted by Gasteiger charge is 2.42. The fourth-order valence-corrected chi connectivity index (χ4v) is 3.80. The van der Waals surface area contributed by atoms with Gasteiger partial charge in [0.25, 0.3) is 0 Å². The molecule has 0 saturated carbocycles. The van der Waals surface area contributed by atoms with Crippen molar-refractivity contribution in [2.75, 3.05) is 0 Å². The Bertz CT molecular complexity index is 1100. The second kappa shape index (κ2) is 8.96. The molecule has 0 spiro atoms. The minimum absolute atomic E-state index is 0.0428. The fourth-order valence-electron chi connectivity index (χ4n) is 3.80. The van der Waals surface area contributed by atoms with Crippen LogP contribution in [0.3, 0.4) is 0 Å². The van der Waals surface area contributed by atoms with Crippen molar-refractivity contribution >= 4 is 5.78 Å². The second-order valence-corrected chi connectivity index (χ2v) is 8.45. The molecular weight excluding hydrogens is 412 g/mol. The van der Waals surface area contributed by atoms with Gasteiger partial charge in [0.05, 0.1) is 0 Å². The summed E-state index contributed by atoms with van der Waals surface area (Å²) < 4.78 is 5.94. The highest BCUT2D eigenvalue weighted by Crippen LogP contribution is 2.47. The lowest BCUT2D eigenvalue weighted by atomic mass is 9.85. The number of ether oxygens (including phenoxy) is 1. The summed E-state index contributed by atoms with van der Waals surface area (Å²) in [4.78, 5) is 13.0. The van der Waals surface area contributed by atoms with Crippen molar-refractivity contribution in [3.05, 3.63) is 64.8 Å². The highest BCUT2D eigenvalue weighted by molar-refractivity contribution is 6.06. The quantitative estimate of drug-likeness (QED) is 0.424. The minimum atomic E-state index is -1.70. The van der Waals surface area contributed by atoms with Crippen LogP contribution in [0.5, 0.6) is 28.7 Å². The van der Waals surface area contributed by atoms with E-state index in [-0.39, 0.29) is 46.5 Å². The Morgan fingerprint density at radius 3 is 2.38 bits per heavy atom. The van der Waals surface area contributed by atoms with Crippen LogP contribution in [0, 0.1) is 5.92 Å². The Morgan fingerprint density at radius 2 is 1.78 bits per heavy atom. The lowest BCUT2D eigenvalue weighted by Crippen LogP contribution is -2.36. The monoisotopic (exact) mass is 440 g/mol. The van der Waals surface area contributed by atoms with Gasteiger partial charge >= 0.3 is 0 Å². The summed E-state index contributed by atoms with van der Waals surface area (Å²) in [5, 5.41) is 51.3. The molecule has 0 saturated heterocycles. The van der Waals surface area contributed by atoms with Gasteiger partial charge in [0.15, 0.2) is 12.2 Å². The first-order chi connectivity index (χ1) is 15.0. The summed E-state index contributed by atoms with van der Waals surface area (Å²) in [6.07, 6.45) is -0.00649. The summed E-state index contributed by atoms with van der Waals surface area (Å²) in [6, 6.07) is 4.77. The molecule has 3 atom stereocenters. The minimum Gasteiger partial charge on any atom is -0.508 e. The van der Waals surface area contributed by atoms with Gasteiger partial charge in [0.2, 0.25) is 5.78 Å². The Morgan fingerprint density at radius 1 is 1.09 bits per heavy atom. The molecule has 0 amide bonds. The zero-order chi connectivity index (χ0) is 23.7. The first-order valence-corrected chi connectivity index (χ1v) is 10.3. The van der Waals surface area contributed by atoms with E-state index >= 15 is 0 Å². The molecule has 0 aliphatic carbocycles. The normalized spacial score (nSPS) is 18.4. The number of allylic oxidation sites excluding steroid dienone is 3. The number of phenols is 4. The number of hydrogen-bond donors (Lipinski definition) is 5. The van der Waals surface area contributed by atoms with E-state index in [2.05, 4.69) is 12.7 Å². The molecule has 0 bridgehead atoms. The van der Waals surface area contributed by atoms with Crippen LogP contribution in [0.4, 0.5) is 0 Å². The number of aliphatic hydroxyl groups is 1. The van der Waals surface area contributed by atoms with E-state index in [1.807, 2.05) is 20.8 Å². The molecule has 0 radical (unpaired) electrons. The Balaban J connectivity index is 2.11. The number of ketones is 1. The molecule has 2 aromatic rings. The Labute approximate surface area is 186 Å². The van der Waals surface area contributed by atoms with E-state index in [1.54, 1.807) is 0 Å². The van der Waals surface area contributed by atoms with Gasteiger partial charge in [-0.15, -0.1) is 0 Å². The van der Waals surface area contributed by atoms with E-state index in [0.29, 0.717) is 12.0 Å². The first kappa shape index (κ1) is 23.2. The summed E-state index contributed by atoms with van der Waals surface area (Å²) >= 11 is 0. The Kier molecular flexibility index (Phi) is 6.50. The smallest absolute Gasteiger partial charge is 0.202 e. The lowest BCUT2D eigenvalue weighted by molar-refractivity contribution is 0.0197. The van der Waals surface area contributed by atoms with E-state index < -0.39 is 23.7 Å².